The molecule has 520 valence electrons. The molecule has 5 N–H and O–H groups in total. The molecule has 3 aromatic heterocycles. The summed E-state index contributed by atoms with van der Waals surface area (Å²) in [7, 11) is 8.04. The fourth-order valence-corrected chi connectivity index (χ4v) is 9.43. The number of aliphatic carboxylic acids is 1. The minimum atomic E-state index is -4.44. The van der Waals surface area contributed by atoms with Crippen molar-refractivity contribution in [3.05, 3.63) is 131 Å². The van der Waals surface area contributed by atoms with E-state index in [2.05, 4.69) is 59.5 Å². The van der Waals surface area contributed by atoms with Gasteiger partial charge in [0.05, 0.1) is 36.0 Å². The maximum absolute atomic E-state index is 12.6. The summed E-state index contributed by atoms with van der Waals surface area (Å²) in [6.45, 7) is 4.74. The van der Waals surface area contributed by atoms with Crippen molar-refractivity contribution in [1.82, 2.24) is 35.4 Å². The molecular weight excluding hydrogens is 1270 g/mol. The number of aromatic nitrogens is 3. The monoisotopic (exact) mass is 1350 g/mol. The molecule has 30 heteroatoms. The Balaban J connectivity index is 0.000000235. The van der Waals surface area contributed by atoms with Crippen LogP contribution in [0.4, 0.5) is 50.9 Å². The number of ether oxygens (including phenoxy) is 4. The van der Waals surface area contributed by atoms with E-state index in [1.807, 2.05) is 57.4 Å². The molecule has 9 rings (SSSR count). The predicted octanol–water partition coefficient (Wildman–Crippen LogP) is 9.35. The first-order chi connectivity index (χ1) is 44.9. The second-order valence-electron chi connectivity index (χ2n) is 22.6. The number of esters is 2. The largest absolute Gasteiger partial charge is 0.481 e. The number of rotatable bonds is 19. The van der Waals surface area contributed by atoms with Crippen LogP contribution < -0.4 is 40.4 Å². The maximum atomic E-state index is 12.6. The Morgan fingerprint density at radius 2 is 0.905 bits per heavy atom. The standard InChI is InChI=1S/C25H31F3N4O3.C15H17F3N2O4.C11H13F3N2O.C10H16N2.C4H4O3/c1-31(2)20-6-3-18(4-7-20)11-14-29-22(33)8-10-24(34)32-15-12-21(13-16-32)35-23-9-5-19(17-30-23)25(26,27)28;16-15(17,18)10-1-2-12(19-9-10)24-11-5-7-20(8-6-11)13(21)3-4-14(22)23;12-11(13,14)8-1-2-10(16-7-8)17-9-3-5-15-6-4-9;1-12(2)10-5-3-9(4-6-10)7-8-11;5-3-1-2-4(6)7-3/h3-7,9,17,21H,8,10-16H2,1-2H3,(H,29,33);1-2,9,11H,3-8H2,(H,22,23);1-2,7,9,15H,3-6H2;3-6H,7-8,11H2,1-2H3;1-2H2. The Morgan fingerprint density at radius 3 is 1.21 bits per heavy atom. The molecule has 4 aliphatic rings. The van der Waals surface area contributed by atoms with Crippen molar-refractivity contribution in [3.8, 4) is 17.6 Å². The van der Waals surface area contributed by atoms with Gasteiger partial charge in [0.1, 0.15) is 18.3 Å². The van der Waals surface area contributed by atoms with Gasteiger partial charge in [-0.05, 0) is 98.9 Å². The highest BCUT2D eigenvalue weighted by Crippen LogP contribution is 2.32. The third kappa shape index (κ3) is 28.8. The van der Waals surface area contributed by atoms with Crippen LogP contribution in [0.2, 0.25) is 0 Å². The molecule has 4 aliphatic heterocycles. The zero-order chi connectivity index (χ0) is 69.7. The summed E-state index contributed by atoms with van der Waals surface area (Å²) in [5, 5.41) is 14.6. The number of hydrogen-bond donors (Lipinski definition) is 4. The number of pyridine rings is 3. The molecule has 0 radical (unpaired) electrons. The third-order valence-corrected chi connectivity index (χ3v) is 14.9. The molecule has 21 nitrogen and oxygen atoms in total. The number of carboxylic acids is 1. The van der Waals surface area contributed by atoms with Crippen molar-refractivity contribution in [3.63, 3.8) is 0 Å². The highest BCUT2D eigenvalue weighted by molar-refractivity contribution is 5.92. The first-order valence-electron chi connectivity index (χ1n) is 30.8. The molecular formula is C65H81F9N10O11. The lowest BCUT2D eigenvalue weighted by molar-refractivity contribution is -0.152. The second kappa shape index (κ2) is 37.9. The lowest BCUT2D eigenvalue weighted by atomic mass is 10.1. The fraction of sp³-hybridized carbons (Fsp3) is 0.492. The minimum Gasteiger partial charge on any atom is -0.481 e. The van der Waals surface area contributed by atoms with E-state index in [0.29, 0.717) is 64.8 Å². The van der Waals surface area contributed by atoms with Gasteiger partial charge in [-0.25, -0.2) is 15.0 Å². The number of anilines is 2. The number of nitrogens with two attached hydrogens (primary N) is 1. The average molecular weight is 1350 g/mol. The predicted molar refractivity (Wildman–Crippen MR) is 332 cm³/mol. The van der Waals surface area contributed by atoms with Gasteiger partial charge in [0.25, 0.3) is 0 Å². The molecule has 4 fully saturated rings. The quantitative estimate of drug-likeness (QED) is 0.0341. The van der Waals surface area contributed by atoms with Crippen molar-refractivity contribution < 1.29 is 92.3 Å². The van der Waals surface area contributed by atoms with Crippen molar-refractivity contribution >= 4 is 47.0 Å². The van der Waals surface area contributed by atoms with E-state index in [1.165, 1.54) is 29.4 Å². The number of nitrogens with one attached hydrogen (secondary N) is 2. The number of nitrogens with zero attached hydrogens (tertiary/aromatic N) is 7. The summed E-state index contributed by atoms with van der Waals surface area (Å²) >= 11 is 0. The Kier molecular flexibility index (Phi) is 30.7. The molecule has 7 heterocycles. The summed E-state index contributed by atoms with van der Waals surface area (Å²) in [4.78, 5) is 85.3. The molecule has 0 saturated carbocycles. The number of amides is 3. The van der Waals surface area contributed by atoms with E-state index in [-0.39, 0.29) is 92.2 Å². The van der Waals surface area contributed by atoms with Crippen LogP contribution in [0.1, 0.15) is 105 Å². The fourth-order valence-electron chi connectivity index (χ4n) is 9.43. The highest BCUT2D eigenvalue weighted by Gasteiger charge is 2.34. The molecule has 0 spiro atoms. The van der Waals surface area contributed by atoms with Gasteiger partial charge in [0.15, 0.2) is 0 Å². The number of carbonyl (C=O) groups is 6. The van der Waals surface area contributed by atoms with Gasteiger partial charge < -0.3 is 60.0 Å². The number of benzene rings is 2. The Morgan fingerprint density at radius 1 is 0.547 bits per heavy atom. The van der Waals surface area contributed by atoms with Gasteiger partial charge in [0.2, 0.25) is 35.4 Å². The average Bonchev–Trinajstić information content (AvgIpc) is 1.20. The van der Waals surface area contributed by atoms with Crippen molar-refractivity contribution in [2.45, 2.75) is 127 Å². The van der Waals surface area contributed by atoms with Crippen molar-refractivity contribution in [2.24, 2.45) is 5.73 Å². The zero-order valence-corrected chi connectivity index (χ0v) is 53.2. The molecule has 5 aromatic rings. The van der Waals surface area contributed by atoms with Crippen LogP contribution in [0.3, 0.4) is 0 Å². The first kappa shape index (κ1) is 76.9. The van der Waals surface area contributed by atoms with E-state index >= 15 is 0 Å². The summed E-state index contributed by atoms with van der Waals surface area (Å²) in [5.74, 6) is -1.79. The van der Waals surface area contributed by atoms with Crippen LogP contribution >= 0.6 is 0 Å². The molecule has 3 amide bonds. The lowest BCUT2D eigenvalue weighted by Gasteiger charge is -2.32. The van der Waals surface area contributed by atoms with Gasteiger partial charge >= 0.3 is 36.4 Å². The van der Waals surface area contributed by atoms with Crippen LogP contribution in [0.25, 0.3) is 0 Å². The van der Waals surface area contributed by atoms with Gasteiger partial charge in [0, 0.05) is 154 Å². The van der Waals surface area contributed by atoms with E-state index in [4.69, 9.17) is 25.1 Å². The van der Waals surface area contributed by atoms with Crippen molar-refractivity contribution in [1.29, 1.82) is 0 Å². The number of cyclic esters (lactones) is 2. The van der Waals surface area contributed by atoms with Crippen LogP contribution in [0.15, 0.2) is 104 Å². The molecule has 4 saturated heterocycles. The van der Waals surface area contributed by atoms with Gasteiger partial charge in [-0.1, -0.05) is 24.3 Å². The smallest absolute Gasteiger partial charge is 0.417 e. The number of alkyl halides is 9. The first-order valence-corrected chi connectivity index (χ1v) is 30.8. The number of hydrogen-bond acceptors (Lipinski definition) is 17. The number of piperidine rings is 3. The van der Waals surface area contributed by atoms with Crippen LogP contribution in [0.5, 0.6) is 17.6 Å². The second-order valence-corrected chi connectivity index (χ2v) is 22.6. The summed E-state index contributed by atoms with van der Waals surface area (Å²) < 4.78 is 133. The lowest BCUT2D eigenvalue weighted by Crippen LogP contribution is -2.42. The normalized spacial score (nSPS) is 15.3. The van der Waals surface area contributed by atoms with E-state index in [9.17, 15) is 68.3 Å². The minimum absolute atomic E-state index is 0.0404. The molecule has 0 unspecified atom stereocenters. The van der Waals surface area contributed by atoms with Crippen LogP contribution in [-0.4, -0.2) is 164 Å². The van der Waals surface area contributed by atoms with E-state index in [0.717, 1.165) is 86.9 Å². The SMILES string of the molecule is CN(C)c1ccc(CCN)cc1.CN(C)c1ccc(CCNC(=O)CCC(=O)N2CCC(Oc3ccc(C(F)(F)F)cn3)CC2)cc1.FC(F)(F)c1ccc(OC2CCNCC2)nc1.O=C(O)CCC(=O)N1CCC(Oc2ccc(C(F)(F)F)cn2)CC1.O=C1CCC(=O)O1. The summed E-state index contributed by atoms with van der Waals surface area (Å²) in [6.07, 6.45) is -5.31. The molecule has 0 bridgehead atoms. The molecule has 2 aromatic carbocycles. The van der Waals surface area contributed by atoms with E-state index in [1.54, 1.807) is 9.80 Å². The van der Waals surface area contributed by atoms with Gasteiger partial charge in [-0.3, -0.25) is 28.8 Å². The molecule has 0 aliphatic carbocycles. The number of likely N-dealkylation sites (tertiary alicyclic amines) is 2. The van der Waals surface area contributed by atoms with Crippen LogP contribution in [0, 0.1) is 0 Å². The van der Waals surface area contributed by atoms with Gasteiger partial charge in [-0.2, -0.15) is 39.5 Å². The Labute approximate surface area is 544 Å². The Bertz CT molecular complexity index is 3150. The number of carbonyl (C=O) groups excluding carboxylic acids is 5. The number of carboxylic acid groups (broad SMARTS) is 1. The maximum Gasteiger partial charge on any atom is 0.417 e. The highest BCUT2D eigenvalue weighted by atomic mass is 19.4. The molecule has 95 heavy (non-hydrogen) atoms. The number of halogens is 9. The third-order valence-electron chi connectivity index (χ3n) is 14.9. The van der Waals surface area contributed by atoms with Gasteiger partial charge in [-0.15, -0.1) is 0 Å². The summed E-state index contributed by atoms with van der Waals surface area (Å²) in [5.41, 5.74) is 7.81. The topological polar surface area (TPSA) is 261 Å². The summed E-state index contributed by atoms with van der Waals surface area (Å²) in [6, 6.07) is 23.1. The van der Waals surface area contributed by atoms with E-state index < -0.39 is 53.1 Å². The molecule has 0 atom stereocenters. The Hall–Kier alpha value is -8.80. The van der Waals surface area contributed by atoms with Crippen LogP contribution in [-0.2, 0) is 64.9 Å². The van der Waals surface area contributed by atoms with Crippen molar-refractivity contribution in [2.75, 3.05) is 90.3 Å². The zero-order valence-electron chi connectivity index (χ0n) is 53.2.